The van der Waals surface area contributed by atoms with Crippen LogP contribution in [0.5, 0.6) is 11.5 Å². The normalized spacial score (nSPS) is 11.3. The fourth-order valence-electron chi connectivity index (χ4n) is 4.28. The molecular formula is C27H19NNa2O9S2+2. The van der Waals surface area contributed by atoms with Gasteiger partial charge in [-0.05, 0) is 29.3 Å². The largest absolute Gasteiger partial charge is 1.00 e. The summed E-state index contributed by atoms with van der Waals surface area (Å²) >= 11 is 0. The van der Waals surface area contributed by atoms with E-state index < -0.39 is 26.7 Å². The Bertz CT molecular complexity index is 1950. The third-order valence-corrected chi connectivity index (χ3v) is 6.59. The maximum absolute atomic E-state index is 13.2. The number of hydrogen-bond donors (Lipinski definition) is 3. The number of amides is 1. The number of anilines is 1. The molecule has 0 bridgehead atoms. The average molecular weight is 612 g/mol. The van der Waals surface area contributed by atoms with Crippen molar-refractivity contribution in [1.29, 1.82) is 0 Å². The van der Waals surface area contributed by atoms with Gasteiger partial charge in [-0.15, -0.1) is 0 Å². The monoisotopic (exact) mass is 611 g/mol. The number of carbonyl (C=O) groups excluding carboxylic acids is 1. The zero-order valence-electron chi connectivity index (χ0n) is 21.8. The molecule has 0 aromatic heterocycles. The van der Waals surface area contributed by atoms with Crippen LogP contribution in [0.15, 0.2) is 97.1 Å². The number of nitrogens with one attached hydrogen (secondary N) is 1. The SMILES string of the molecule is O=C(Nc1cccc2c(OS(=O)(=O)O)c3ccccc3c(OS(=O)(=O)O)c12)c1ccc(-c2ccccc2)cc1.[Na+].[Na+]. The maximum atomic E-state index is 13.2. The summed E-state index contributed by atoms with van der Waals surface area (Å²) in [5, 5.41) is 2.64. The van der Waals surface area contributed by atoms with Gasteiger partial charge in [0, 0.05) is 21.7 Å². The van der Waals surface area contributed by atoms with Gasteiger partial charge in [-0.2, -0.15) is 16.8 Å². The van der Waals surface area contributed by atoms with Crippen molar-refractivity contribution in [3.8, 4) is 22.6 Å². The van der Waals surface area contributed by atoms with Crippen LogP contribution in [0.2, 0.25) is 0 Å². The minimum Gasteiger partial charge on any atom is -0.360 e. The van der Waals surface area contributed by atoms with Crippen molar-refractivity contribution in [2.75, 3.05) is 5.32 Å². The topological polar surface area (TPSA) is 156 Å². The summed E-state index contributed by atoms with van der Waals surface area (Å²) < 4.78 is 75.6. The van der Waals surface area contributed by atoms with Crippen molar-refractivity contribution in [2.45, 2.75) is 0 Å². The molecule has 198 valence electrons. The van der Waals surface area contributed by atoms with E-state index in [0.717, 1.165) is 11.1 Å². The molecule has 0 aliphatic rings. The van der Waals surface area contributed by atoms with Gasteiger partial charge in [-0.3, -0.25) is 13.9 Å². The molecule has 1 amide bonds. The predicted molar refractivity (Wildman–Crippen MR) is 146 cm³/mol. The molecule has 0 atom stereocenters. The first-order valence-corrected chi connectivity index (χ1v) is 14.0. The van der Waals surface area contributed by atoms with E-state index in [2.05, 4.69) is 5.32 Å². The quantitative estimate of drug-likeness (QED) is 0.123. The van der Waals surface area contributed by atoms with E-state index in [-0.39, 0.29) is 103 Å². The summed E-state index contributed by atoms with van der Waals surface area (Å²) in [6, 6.07) is 26.4. The van der Waals surface area contributed by atoms with Gasteiger partial charge < -0.3 is 13.7 Å². The molecule has 41 heavy (non-hydrogen) atoms. The zero-order valence-corrected chi connectivity index (χ0v) is 27.4. The number of carbonyl (C=O) groups is 1. The summed E-state index contributed by atoms with van der Waals surface area (Å²) in [6.45, 7) is 0. The molecule has 3 N–H and O–H groups in total. The van der Waals surface area contributed by atoms with Gasteiger partial charge in [0.2, 0.25) is 0 Å². The molecule has 0 fully saturated rings. The number of rotatable bonds is 7. The molecule has 0 unspecified atom stereocenters. The second-order valence-electron chi connectivity index (χ2n) is 8.35. The van der Waals surface area contributed by atoms with Crippen LogP contribution in [-0.2, 0) is 20.8 Å². The first-order valence-electron chi connectivity index (χ1n) is 11.3. The Hall–Kier alpha value is -2.49. The number of hydrogen-bond acceptors (Lipinski definition) is 7. The third-order valence-electron chi connectivity index (χ3n) is 5.83. The summed E-state index contributed by atoms with van der Waals surface area (Å²) in [6.07, 6.45) is 0. The van der Waals surface area contributed by atoms with Crippen molar-refractivity contribution < 1.29 is 98.2 Å². The molecule has 0 radical (unpaired) electrons. The van der Waals surface area contributed by atoms with Gasteiger partial charge in [-0.1, -0.05) is 78.9 Å². The average Bonchev–Trinajstić information content (AvgIpc) is 2.90. The van der Waals surface area contributed by atoms with Gasteiger partial charge >= 0.3 is 79.9 Å². The minimum atomic E-state index is -5.06. The summed E-state index contributed by atoms with van der Waals surface area (Å²) in [5.74, 6) is -1.29. The molecule has 5 rings (SSSR count). The van der Waals surface area contributed by atoms with Crippen LogP contribution < -0.4 is 72.8 Å². The molecule has 10 nitrogen and oxygen atoms in total. The predicted octanol–water partition coefficient (Wildman–Crippen LogP) is -0.716. The number of fused-ring (bicyclic) bond motifs is 2. The molecule has 0 saturated carbocycles. The maximum Gasteiger partial charge on any atom is 1.00 e. The Morgan fingerprint density at radius 1 is 0.585 bits per heavy atom. The van der Waals surface area contributed by atoms with Crippen LogP contribution in [0.3, 0.4) is 0 Å². The van der Waals surface area contributed by atoms with E-state index >= 15 is 0 Å². The molecule has 5 aromatic carbocycles. The van der Waals surface area contributed by atoms with Crippen LogP contribution in [0.1, 0.15) is 10.4 Å². The van der Waals surface area contributed by atoms with Crippen molar-refractivity contribution in [2.24, 2.45) is 0 Å². The van der Waals surface area contributed by atoms with Crippen molar-refractivity contribution >= 4 is 53.9 Å². The first-order chi connectivity index (χ1) is 18.5. The molecule has 0 spiro atoms. The van der Waals surface area contributed by atoms with E-state index in [1.807, 2.05) is 30.3 Å². The smallest absolute Gasteiger partial charge is 0.360 e. The van der Waals surface area contributed by atoms with Crippen molar-refractivity contribution in [3.63, 3.8) is 0 Å². The van der Waals surface area contributed by atoms with E-state index in [1.165, 1.54) is 42.5 Å². The van der Waals surface area contributed by atoms with Gasteiger partial charge in [0.25, 0.3) is 5.91 Å². The zero-order chi connectivity index (χ0) is 27.8. The van der Waals surface area contributed by atoms with E-state index in [4.69, 9.17) is 8.37 Å². The molecule has 0 heterocycles. The molecule has 0 aliphatic carbocycles. The summed E-state index contributed by atoms with van der Waals surface area (Å²) in [5.41, 5.74) is 2.15. The van der Waals surface area contributed by atoms with E-state index in [1.54, 1.807) is 24.3 Å². The van der Waals surface area contributed by atoms with Crippen molar-refractivity contribution in [3.05, 3.63) is 103 Å². The standard InChI is InChI=1S/C27H19NO9S2.2Na/c29-27(19-15-13-18(14-16-19)17-7-2-1-3-8-17)28-23-12-6-11-22-24(23)26(37-39(33,34)35)21-10-5-4-9-20(21)25(22)36-38(30,31)32;;/h1-16H,(H,28,29)(H,30,31,32)(H,33,34,35);;/q;2*+1. The third kappa shape index (κ3) is 7.67. The molecular weight excluding hydrogens is 592 g/mol. The second kappa shape index (κ2) is 13.2. The van der Waals surface area contributed by atoms with E-state index in [9.17, 15) is 30.7 Å². The van der Waals surface area contributed by atoms with Gasteiger partial charge in [0.05, 0.1) is 11.1 Å². The van der Waals surface area contributed by atoms with E-state index in [0.29, 0.717) is 0 Å². The Morgan fingerprint density at radius 3 is 1.66 bits per heavy atom. The Morgan fingerprint density at radius 2 is 1.07 bits per heavy atom. The fraction of sp³-hybridized carbons (Fsp3) is 0. The Kier molecular flexibility index (Phi) is 10.6. The van der Waals surface area contributed by atoms with Crippen molar-refractivity contribution in [1.82, 2.24) is 0 Å². The molecule has 14 heteroatoms. The van der Waals surface area contributed by atoms with Gasteiger partial charge in [-0.25, -0.2) is 0 Å². The fourth-order valence-corrected chi connectivity index (χ4v) is 5.05. The second-order valence-corrected chi connectivity index (χ2v) is 10.4. The minimum absolute atomic E-state index is 0. The number of benzene rings is 5. The molecule has 0 aliphatic heterocycles. The van der Waals surface area contributed by atoms with Crippen LogP contribution in [0.4, 0.5) is 5.69 Å². The van der Waals surface area contributed by atoms with Crippen LogP contribution in [-0.4, -0.2) is 31.8 Å². The van der Waals surface area contributed by atoms with Crippen LogP contribution >= 0.6 is 0 Å². The van der Waals surface area contributed by atoms with Gasteiger partial charge in [0.15, 0.2) is 11.5 Å². The summed E-state index contributed by atoms with van der Waals surface area (Å²) in [4.78, 5) is 13.2. The van der Waals surface area contributed by atoms with Crippen LogP contribution in [0, 0.1) is 0 Å². The Balaban J connectivity index is 0.00000231. The summed E-state index contributed by atoms with van der Waals surface area (Å²) in [7, 11) is -10.1. The van der Waals surface area contributed by atoms with Gasteiger partial charge in [0.1, 0.15) is 0 Å². The van der Waals surface area contributed by atoms with Crippen LogP contribution in [0.25, 0.3) is 32.7 Å². The molecule has 0 saturated heterocycles. The first kappa shape index (κ1) is 33.0. The Labute approximate surface area is 280 Å². The molecule has 5 aromatic rings.